The van der Waals surface area contributed by atoms with E-state index in [4.69, 9.17) is 0 Å². The quantitative estimate of drug-likeness (QED) is 0.872. The molecule has 0 atom stereocenters. The van der Waals surface area contributed by atoms with Crippen LogP contribution >= 0.6 is 11.8 Å². The zero-order chi connectivity index (χ0) is 14.8. The van der Waals surface area contributed by atoms with Gasteiger partial charge < -0.3 is 5.32 Å². The fourth-order valence-corrected chi connectivity index (χ4v) is 2.84. The van der Waals surface area contributed by atoms with Crippen molar-refractivity contribution in [3.8, 4) is 0 Å². The number of rotatable bonds is 5. The van der Waals surface area contributed by atoms with Crippen molar-refractivity contribution in [2.75, 3.05) is 0 Å². The van der Waals surface area contributed by atoms with E-state index in [2.05, 4.69) is 5.32 Å². The highest BCUT2D eigenvalue weighted by molar-refractivity contribution is 7.99. The Morgan fingerprint density at radius 1 is 1.00 bits per heavy atom. The lowest BCUT2D eigenvalue weighted by Crippen LogP contribution is -2.15. The van der Waals surface area contributed by atoms with Gasteiger partial charge in [-0.15, -0.1) is 0 Å². The third kappa shape index (κ3) is 3.60. The second-order valence-electron chi connectivity index (χ2n) is 5.08. The first kappa shape index (κ1) is 14.5. The largest absolute Gasteiger partial charge is 0.310 e. The minimum atomic E-state index is -0.657. The fraction of sp³-hybridized carbons (Fsp3) is 0.250. The summed E-state index contributed by atoms with van der Waals surface area (Å²) in [6.07, 6.45) is 2.23. The summed E-state index contributed by atoms with van der Waals surface area (Å²) in [5, 5.41) is 3.21. The van der Waals surface area contributed by atoms with Crippen LogP contribution in [0.15, 0.2) is 46.2 Å². The van der Waals surface area contributed by atoms with Gasteiger partial charge >= 0.3 is 0 Å². The number of halogens is 3. The summed E-state index contributed by atoms with van der Waals surface area (Å²) in [7, 11) is 0. The van der Waals surface area contributed by atoms with Crippen molar-refractivity contribution in [3.63, 3.8) is 0 Å². The number of nitrogens with one attached hydrogen (secondary N) is 1. The molecule has 0 unspecified atom stereocenters. The standard InChI is InChI=1S/C16H14F3NS/c17-12-3-1-2-4-15(12)21-16-13(18)7-10(8-14(16)19)9-20-11-5-6-11/h1-4,7-8,11,20H,5-6,9H2. The number of hydrogen-bond donors (Lipinski definition) is 1. The Hall–Kier alpha value is -1.46. The highest BCUT2D eigenvalue weighted by Gasteiger charge is 2.21. The van der Waals surface area contributed by atoms with E-state index in [0.29, 0.717) is 18.2 Å². The maximum absolute atomic E-state index is 14.1. The van der Waals surface area contributed by atoms with E-state index in [0.717, 1.165) is 24.6 Å². The highest BCUT2D eigenvalue weighted by atomic mass is 32.2. The van der Waals surface area contributed by atoms with Crippen molar-refractivity contribution in [1.82, 2.24) is 5.32 Å². The van der Waals surface area contributed by atoms with E-state index in [1.165, 1.54) is 24.3 Å². The molecule has 1 saturated carbocycles. The van der Waals surface area contributed by atoms with E-state index in [-0.39, 0.29) is 9.79 Å². The molecule has 1 aliphatic rings. The monoisotopic (exact) mass is 309 g/mol. The summed E-state index contributed by atoms with van der Waals surface area (Å²) in [6.45, 7) is 0.448. The van der Waals surface area contributed by atoms with Gasteiger partial charge in [0.15, 0.2) is 0 Å². The Morgan fingerprint density at radius 2 is 1.67 bits per heavy atom. The zero-order valence-electron chi connectivity index (χ0n) is 11.2. The van der Waals surface area contributed by atoms with Gasteiger partial charge in [-0.05, 0) is 42.7 Å². The molecule has 0 spiro atoms. The normalized spacial score (nSPS) is 14.4. The van der Waals surface area contributed by atoms with Gasteiger partial charge in [-0.2, -0.15) is 0 Å². The Bertz CT molecular complexity index is 633. The molecule has 0 aliphatic heterocycles. The average Bonchev–Trinajstić information content (AvgIpc) is 3.26. The minimum Gasteiger partial charge on any atom is -0.310 e. The molecule has 110 valence electrons. The van der Waals surface area contributed by atoms with Crippen LogP contribution in [-0.4, -0.2) is 6.04 Å². The lowest BCUT2D eigenvalue weighted by molar-refractivity contribution is 0.533. The molecule has 21 heavy (non-hydrogen) atoms. The van der Waals surface area contributed by atoms with Crippen molar-refractivity contribution in [2.45, 2.75) is 35.2 Å². The number of benzene rings is 2. The summed E-state index contributed by atoms with van der Waals surface area (Å²) in [5.41, 5.74) is 0.565. The van der Waals surface area contributed by atoms with E-state index in [9.17, 15) is 13.2 Å². The molecule has 3 rings (SSSR count). The second-order valence-corrected chi connectivity index (χ2v) is 6.13. The third-order valence-electron chi connectivity index (χ3n) is 3.28. The summed E-state index contributed by atoms with van der Waals surface area (Å²) < 4.78 is 41.7. The summed E-state index contributed by atoms with van der Waals surface area (Å²) in [4.78, 5) is 0.0365. The topological polar surface area (TPSA) is 12.0 Å². The highest BCUT2D eigenvalue weighted by Crippen LogP contribution is 2.34. The van der Waals surface area contributed by atoms with Gasteiger partial charge in [0.05, 0.1) is 4.90 Å². The van der Waals surface area contributed by atoms with Crippen molar-refractivity contribution >= 4 is 11.8 Å². The van der Waals surface area contributed by atoms with E-state index in [1.807, 2.05) is 0 Å². The van der Waals surface area contributed by atoms with Crippen LogP contribution < -0.4 is 5.32 Å². The van der Waals surface area contributed by atoms with Gasteiger partial charge in [0.25, 0.3) is 0 Å². The van der Waals surface area contributed by atoms with E-state index < -0.39 is 17.5 Å². The van der Waals surface area contributed by atoms with Crippen LogP contribution in [0.2, 0.25) is 0 Å². The summed E-state index contributed by atoms with van der Waals surface area (Å²) >= 11 is 0.767. The van der Waals surface area contributed by atoms with Gasteiger partial charge in [-0.3, -0.25) is 0 Å². The Balaban J connectivity index is 1.80. The predicted molar refractivity (Wildman–Crippen MR) is 76.7 cm³/mol. The molecule has 0 aromatic heterocycles. The first-order valence-electron chi connectivity index (χ1n) is 6.77. The Morgan fingerprint density at radius 3 is 2.29 bits per heavy atom. The SMILES string of the molecule is Fc1ccccc1Sc1c(F)cc(CNC2CC2)cc1F. The van der Waals surface area contributed by atoms with Crippen LogP contribution in [0.1, 0.15) is 18.4 Å². The summed E-state index contributed by atoms with van der Waals surface area (Å²) in [5.74, 6) is -1.80. The average molecular weight is 309 g/mol. The van der Waals surface area contributed by atoms with Crippen LogP contribution in [0.5, 0.6) is 0 Å². The van der Waals surface area contributed by atoms with Crippen LogP contribution in [-0.2, 0) is 6.54 Å². The Kier molecular flexibility index (Phi) is 4.22. The van der Waals surface area contributed by atoms with E-state index in [1.54, 1.807) is 12.1 Å². The van der Waals surface area contributed by atoms with Crippen LogP contribution in [0.4, 0.5) is 13.2 Å². The lowest BCUT2D eigenvalue weighted by atomic mass is 10.2. The van der Waals surface area contributed by atoms with Gasteiger partial charge in [0.2, 0.25) is 0 Å². The molecule has 1 N–H and O–H groups in total. The third-order valence-corrected chi connectivity index (χ3v) is 4.42. The summed E-state index contributed by atoms with van der Waals surface area (Å²) in [6, 6.07) is 9.04. The van der Waals surface area contributed by atoms with Gasteiger partial charge in [-0.25, -0.2) is 13.2 Å². The van der Waals surface area contributed by atoms with Crippen LogP contribution in [0.3, 0.4) is 0 Å². The smallest absolute Gasteiger partial charge is 0.140 e. The van der Waals surface area contributed by atoms with E-state index >= 15 is 0 Å². The number of hydrogen-bond acceptors (Lipinski definition) is 2. The van der Waals surface area contributed by atoms with Crippen molar-refractivity contribution in [2.24, 2.45) is 0 Å². The lowest BCUT2D eigenvalue weighted by Gasteiger charge is -2.09. The molecule has 1 fully saturated rings. The molecular formula is C16H14F3NS. The maximum atomic E-state index is 14.1. The van der Waals surface area contributed by atoms with Gasteiger partial charge in [-0.1, -0.05) is 23.9 Å². The first-order valence-corrected chi connectivity index (χ1v) is 7.59. The maximum Gasteiger partial charge on any atom is 0.140 e. The van der Waals surface area contributed by atoms with Crippen molar-refractivity contribution in [1.29, 1.82) is 0 Å². The molecular weight excluding hydrogens is 295 g/mol. The van der Waals surface area contributed by atoms with Crippen molar-refractivity contribution < 1.29 is 13.2 Å². The zero-order valence-corrected chi connectivity index (χ0v) is 12.0. The van der Waals surface area contributed by atoms with Gasteiger partial charge in [0.1, 0.15) is 17.5 Å². The molecule has 0 heterocycles. The molecule has 0 bridgehead atoms. The van der Waals surface area contributed by atoms with Crippen LogP contribution in [0, 0.1) is 17.5 Å². The van der Waals surface area contributed by atoms with Gasteiger partial charge in [0, 0.05) is 17.5 Å². The molecule has 2 aromatic rings. The Labute approximate surface area is 125 Å². The molecule has 0 saturated heterocycles. The van der Waals surface area contributed by atoms with Crippen molar-refractivity contribution in [3.05, 3.63) is 59.4 Å². The molecule has 5 heteroatoms. The molecule has 0 radical (unpaired) electrons. The predicted octanol–water partition coefficient (Wildman–Crippen LogP) is 4.51. The first-order chi connectivity index (χ1) is 10.1. The second kappa shape index (κ2) is 6.12. The van der Waals surface area contributed by atoms with Crippen LogP contribution in [0.25, 0.3) is 0 Å². The molecule has 2 aromatic carbocycles. The molecule has 0 amide bonds. The minimum absolute atomic E-state index is 0.171. The molecule has 1 nitrogen and oxygen atoms in total. The fourth-order valence-electron chi connectivity index (χ4n) is 2.00. The molecule has 1 aliphatic carbocycles.